The van der Waals surface area contributed by atoms with Crippen LogP contribution in [0.4, 0.5) is 10.1 Å². The van der Waals surface area contributed by atoms with Crippen LogP contribution in [0.3, 0.4) is 0 Å². The second-order valence-corrected chi connectivity index (χ2v) is 6.23. The van der Waals surface area contributed by atoms with Gasteiger partial charge in [0.15, 0.2) is 5.82 Å². The Morgan fingerprint density at radius 3 is 2.72 bits per heavy atom. The predicted octanol–water partition coefficient (Wildman–Crippen LogP) is 2.41. The topological polar surface area (TPSA) is 101 Å². The number of fused-ring (bicyclic) bond motifs is 1. The monoisotopic (exact) mass is 393 g/mol. The van der Waals surface area contributed by atoms with E-state index in [4.69, 9.17) is 4.74 Å². The van der Waals surface area contributed by atoms with E-state index in [2.05, 4.69) is 20.6 Å². The number of carbonyl (C=O) groups is 1. The van der Waals surface area contributed by atoms with Crippen molar-refractivity contribution in [1.29, 1.82) is 0 Å². The van der Waals surface area contributed by atoms with Gasteiger partial charge in [-0.1, -0.05) is 12.1 Å². The van der Waals surface area contributed by atoms with Crippen molar-refractivity contribution in [1.82, 2.24) is 19.8 Å². The van der Waals surface area contributed by atoms with Gasteiger partial charge in [0.05, 0.1) is 24.9 Å². The summed E-state index contributed by atoms with van der Waals surface area (Å²) in [4.78, 5) is 24.6. The highest BCUT2D eigenvalue weighted by atomic mass is 19.1. The van der Waals surface area contributed by atoms with Crippen molar-refractivity contribution in [3.63, 3.8) is 0 Å². The van der Waals surface area contributed by atoms with Gasteiger partial charge >= 0.3 is 0 Å². The number of aromatic nitrogens is 4. The van der Waals surface area contributed by atoms with Crippen LogP contribution in [0.1, 0.15) is 5.82 Å². The van der Waals surface area contributed by atoms with Crippen LogP contribution in [0.5, 0.6) is 5.75 Å². The first-order valence-corrected chi connectivity index (χ1v) is 8.71. The number of para-hydroxylation sites is 2. The third-order valence-electron chi connectivity index (χ3n) is 4.31. The van der Waals surface area contributed by atoms with Crippen molar-refractivity contribution in [2.24, 2.45) is 0 Å². The van der Waals surface area contributed by atoms with Gasteiger partial charge in [-0.25, -0.2) is 14.0 Å². The fourth-order valence-corrected chi connectivity index (χ4v) is 2.92. The molecule has 9 heteroatoms. The molecule has 8 nitrogen and oxygen atoms in total. The van der Waals surface area contributed by atoms with E-state index in [9.17, 15) is 14.0 Å². The van der Waals surface area contributed by atoms with Crippen LogP contribution >= 0.6 is 0 Å². The van der Waals surface area contributed by atoms with Gasteiger partial charge in [-0.3, -0.25) is 9.59 Å². The average molecular weight is 393 g/mol. The number of aromatic amines is 1. The molecule has 0 fully saturated rings. The number of methoxy groups -OCH3 is 1. The lowest BCUT2D eigenvalue weighted by Gasteiger charge is -2.09. The smallest absolute Gasteiger partial charge is 0.290 e. The number of ether oxygens (including phenoxy) is 1. The van der Waals surface area contributed by atoms with Gasteiger partial charge in [-0.2, -0.15) is 10.2 Å². The SMILES string of the molecule is COc1ccccc1NC(=O)Cc1n[nH]c(=O)c2cc(-c3ccc(F)cc3)nn12. The van der Waals surface area contributed by atoms with Gasteiger partial charge < -0.3 is 10.1 Å². The Labute approximate surface area is 164 Å². The zero-order valence-electron chi connectivity index (χ0n) is 15.3. The van der Waals surface area contributed by atoms with Crippen molar-refractivity contribution >= 4 is 17.1 Å². The molecule has 0 spiro atoms. The average Bonchev–Trinajstić information content (AvgIpc) is 3.18. The second-order valence-electron chi connectivity index (χ2n) is 6.23. The molecule has 0 aliphatic rings. The van der Waals surface area contributed by atoms with Crippen molar-refractivity contribution in [3.05, 3.63) is 76.6 Å². The number of carbonyl (C=O) groups excluding carboxylic acids is 1. The molecule has 0 aliphatic heterocycles. The van der Waals surface area contributed by atoms with E-state index in [1.807, 2.05) is 0 Å². The maximum absolute atomic E-state index is 13.2. The quantitative estimate of drug-likeness (QED) is 0.542. The number of halogens is 1. The number of H-pyrrole nitrogens is 1. The molecule has 0 saturated carbocycles. The molecule has 0 bridgehead atoms. The number of nitrogens with one attached hydrogen (secondary N) is 2. The molecular weight excluding hydrogens is 377 g/mol. The number of nitrogens with zero attached hydrogens (tertiary/aromatic N) is 3. The van der Waals surface area contributed by atoms with Crippen LogP contribution in [-0.4, -0.2) is 32.8 Å². The maximum Gasteiger partial charge on any atom is 0.290 e. The molecule has 0 unspecified atom stereocenters. The first-order valence-electron chi connectivity index (χ1n) is 8.71. The van der Waals surface area contributed by atoms with Crippen molar-refractivity contribution in [3.8, 4) is 17.0 Å². The van der Waals surface area contributed by atoms with Gasteiger partial charge in [0.25, 0.3) is 5.56 Å². The lowest BCUT2D eigenvalue weighted by Crippen LogP contribution is -2.22. The number of benzene rings is 2. The molecule has 2 aromatic heterocycles. The van der Waals surface area contributed by atoms with Gasteiger partial charge in [-0.05, 0) is 42.5 Å². The van der Waals surface area contributed by atoms with E-state index >= 15 is 0 Å². The maximum atomic E-state index is 13.2. The van der Waals surface area contributed by atoms with Crippen LogP contribution < -0.4 is 15.6 Å². The molecule has 29 heavy (non-hydrogen) atoms. The van der Waals surface area contributed by atoms with Crippen LogP contribution in [0.25, 0.3) is 16.8 Å². The first-order chi connectivity index (χ1) is 14.0. The zero-order chi connectivity index (χ0) is 20.4. The van der Waals surface area contributed by atoms with Gasteiger partial charge in [0.1, 0.15) is 17.1 Å². The minimum absolute atomic E-state index is 0.129. The highest BCUT2D eigenvalue weighted by molar-refractivity contribution is 5.93. The molecule has 146 valence electrons. The number of anilines is 1. The summed E-state index contributed by atoms with van der Waals surface area (Å²) in [5, 5.41) is 13.5. The number of rotatable bonds is 5. The molecule has 1 amide bonds. The largest absolute Gasteiger partial charge is 0.495 e. The molecule has 0 radical (unpaired) electrons. The molecule has 0 aliphatic carbocycles. The molecule has 0 atom stereocenters. The summed E-state index contributed by atoms with van der Waals surface area (Å²) >= 11 is 0. The molecule has 0 saturated heterocycles. The zero-order valence-corrected chi connectivity index (χ0v) is 15.3. The standard InChI is InChI=1S/C20H16FN5O3/c1-29-17-5-3-2-4-14(17)22-19(27)11-18-23-24-20(28)16-10-15(25-26(16)18)12-6-8-13(21)9-7-12/h2-10H,11H2,1H3,(H,22,27)(H,24,28). The predicted molar refractivity (Wildman–Crippen MR) is 104 cm³/mol. The lowest BCUT2D eigenvalue weighted by atomic mass is 10.1. The normalized spacial score (nSPS) is 10.8. The van der Waals surface area contributed by atoms with Crippen LogP contribution in [0, 0.1) is 5.82 Å². The Morgan fingerprint density at radius 2 is 1.97 bits per heavy atom. The summed E-state index contributed by atoms with van der Waals surface area (Å²) < 4.78 is 19.7. The summed E-state index contributed by atoms with van der Waals surface area (Å²) in [6.07, 6.45) is -0.129. The van der Waals surface area contributed by atoms with Gasteiger partial charge in [-0.15, -0.1) is 0 Å². The van der Waals surface area contributed by atoms with E-state index in [-0.39, 0.29) is 29.5 Å². The molecule has 2 aromatic carbocycles. The summed E-state index contributed by atoms with van der Waals surface area (Å²) in [5.74, 6) is 0.0541. The fourth-order valence-electron chi connectivity index (χ4n) is 2.92. The van der Waals surface area contributed by atoms with Crippen LogP contribution in [0.15, 0.2) is 59.4 Å². The molecule has 4 aromatic rings. The van der Waals surface area contributed by atoms with E-state index in [1.165, 1.54) is 23.8 Å². The Hall–Kier alpha value is -4.01. The second kappa shape index (κ2) is 7.55. The van der Waals surface area contributed by atoms with E-state index in [1.54, 1.807) is 42.5 Å². The Kier molecular flexibility index (Phi) is 4.78. The van der Waals surface area contributed by atoms with E-state index in [0.29, 0.717) is 22.7 Å². The van der Waals surface area contributed by atoms with Crippen LogP contribution in [0.2, 0.25) is 0 Å². The first kappa shape index (κ1) is 18.4. The number of hydrogen-bond donors (Lipinski definition) is 2. The minimum atomic E-state index is -0.445. The number of hydrogen-bond acceptors (Lipinski definition) is 5. The Bertz CT molecular complexity index is 1250. The molecule has 2 heterocycles. The Morgan fingerprint density at radius 1 is 1.21 bits per heavy atom. The van der Waals surface area contributed by atoms with Crippen molar-refractivity contribution < 1.29 is 13.9 Å². The highest BCUT2D eigenvalue weighted by Crippen LogP contribution is 2.23. The molecule has 4 rings (SSSR count). The third-order valence-corrected chi connectivity index (χ3v) is 4.31. The summed E-state index contributed by atoms with van der Waals surface area (Å²) in [5.41, 5.74) is 1.42. The lowest BCUT2D eigenvalue weighted by molar-refractivity contribution is -0.115. The minimum Gasteiger partial charge on any atom is -0.495 e. The highest BCUT2D eigenvalue weighted by Gasteiger charge is 2.15. The molecule has 2 N–H and O–H groups in total. The van der Waals surface area contributed by atoms with Gasteiger partial charge in [0, 0.05) is 5.56 Å². The van der Waals surface area contributed by atoms with Crippen LogP contribution in [-0.2, 0) is 11.2 Å². The fraction of sp³-hybridized carbons (Fsp3) is 0.100. The van der Waals surface area contributed by atoms with E-state index in [0.717, 1.165) is 0 Å². The van der Waals surface area contributed by atoms with Crippen molar-refractivity contribution in [2.75, 3.05) is 12.4 Å². The number of amides is 1. The molecular formula is C20H16FN5O3. The van der Waals surface area contributed by atoms with Crippen molar-refractivity contribution in [2.45, 2.75) is 6.42 Å². The summed E-state index contributed by atoms with van der Waals surface area (Å²) in [7, 11) is 1.51. The summed E-state index contributed by atoms with van der Waals surface area (Å²) in [6.45, 7) is 0. The summed E-state index contributed by atoms with van der Waals surface area (Å²) in [6, 6.07) is 14.3. The van der Waals surface area contributed by atoms with Gasteiger partial charge in [0.2, 0.25) is 5.91 Å². The third kappa shape index (κ3) is 3.70. The Balaban J connectivity index is 1.65. The van der Waals surface area contributed by atoms with E-state index < -0.39 is 5.56 Å².